The molecule has 10 heteroatoms. The average molecular weight is 290 g/mol. The van der Waals surface area contributed by atoms with Crippen molar-refractivity contribution in [3.63, 3.8) is 0 Å². The quantitative estimate of drug-likeness (QED) is 0.854. The van der Waals surface area contributed by atoms with Crippen LogP contribution in [0.2, 0.25) is 0 Å². The summed E-state index contributed by atoms with van der Waals surface area (Å²) in [5, 5.41) is 10.9. The molecular formula is C10H9F3N4O3. The molecule has 108 valence electrons. The zero-order chi connectivity index (χ0) is 15.2. The first kappa shape index (κ1) is 15.6. The molecular weight excluding hydrogens is 281 g/mol. The van der Waals surface area contributed by atoms with Gasteiger partial charge in [-0.1, -0.05) is 5.16 Å². The number of aliphatic carboxylic acids is 1. The molecule has 0 saturated carbocycles. The lowest BCUT2D eigenvalue weighted by Gasteiger charge is -1.93. The Morgan fingerprint density at radius 2 is 1.90 bits per heavy atom. The molecule has 0 aromatic carbocycles. The van der Waals surface area contributed by atoms with E-state index < -0.39 is 12.1 Å². The van der Waals surface area contributed by atoms with Crippen LogP contribution in [0.5, 0.6) is 0 Å². The van der Waals surface area contributed by atoms with Gasteiger partial charge >= 0.3 is 12.1 Å². The first-order chi connectivity index (χ1) is 9.34. The first-order valence-electron chi connectivity index (χ1n) is 5.07. The van der Waals surface area contributed by atoms with E-state index in [9.17, 15) is 13.2 Å². The van der Waals surface area contributed by atoms with Gasteiger partial charge < -0.3 is 15.4 Å². The maximum atomic E-state index is 10.6. The van der Waals surface area contributed by atoms with Crippen LogP contribution in [0.4, 0.5) is 13.2 Å². The van der Waals surface area contributed by atoms with Crippen molar-refractivity contribution in [1.29, 1.82) is 0 Å². The fourth-order valence-electron chi connectivity index (χ4n) is 0.946. The van der Waals surface area contributed by atoms with Crippen molar-refractivity contribution in [3.05, 3.63) is 30.3 Å². The molecule has 20 heavy (non-hydrogen) atoms. The van der Waals surface area contributed by atoms with Crippen LogP contribution in [0.15, 0.2) is 29.0 Å². The van der Waals surface area contributed by atoms with Crippen molar-refractivity contribution in [2.75, 3.05) is 0 Å². The van der Waals surface area contributed by atoms with E-state index in [1.54, 1.807) is 24.5 Å². The Hall–Kier alpha value is -2.49. The Balaban J connectivity index is 0.000000246. The molecule has 2 rings (SSSR count). The van der Waals surface area contributed by atoms with Crippen LogP contribution in [0, 0.1) is 0 Å². The molecule has 0 radical (unpaired) electrons. The number of hydrogen-bond acceptors (Lipinski definition) is 6. The van der Waals surface area contributed by atoms with E-state index in [1.165, 1.54) is 0 Å². The lowest BCUT2D eigenvalue weighted by atomic mass is 10.3. The van der Waals surface area contributed by atoms with Crippen LogP contribution >= 0.6 is 0 Å². The minimum absolute atomic E-state index is 0.333. The molecule has 0 amide bonds. The number of alkyl halides is 3. The van der Waals surface area contributed by atoms with Crippen molar-refractivity contribution < 1.29 is 27.6 Å². The van der Waals surface area contributed by atoms with Gasteiger partial charge in [0.15, 0.2) is 17.3 Å². The summed E-state index contributed by atoms with van der Waals surface area (Å²) in [6.45, 7) is 0.333. The van der Waals surface area contributed by atoms with Crippen molar-refractivity contribution >= 4 is 5.97 Å². The van der Waals surface area contributed by atoms with Crippen LogP contribution in [-0.4, -0.2) is 32.4 Å². The van der Waals surface area contributed by atoms with Gasteiger partial charge in [-0.3, -0.25) is 0 Å². The van der Waals surface area contributed by atoms with Crippen LogP contribution in [-0.2, 0) is 11.3 Å². The highest BCUT2D eigenvalue weighted by Crippen LogP contribution is 2.13. The second kappa shape index (κ2) is 6.61. The van der Waals surface area contributed by atoms with E-state index in [0.717, 1.165) is 0 Å². The Kier molecular flexibility index (Phi) is 5.15. The normalized spacial score (nSPS) is 10.6. The van der Waals surface area contributed by atoms with Gasteiger partial charge in [0.1, 0.15) is 0 Å². The number of rotatable bonds is 2. The molecule has 0 saturated heterocycles. The van der Waals surface area contributed by atoms with Gasteiger partial charge in [0.05, 0.1) is 6.54 Å². The number of nitrogens with zero attached hydrogens (tertiary/aromatic N) is 3. The largest absolute Gasteiger partial charge is 0.490 e. The number of halogens is 3. The highest BCUT2D eigenvalue weighted by Gasteiger charge is 2.38. The fourth-order valence-corrected chi connectivity index (χ4v) is 0.946. The number of hydrogen-bond donors (Lipinski definition) is 2. The van der Waals surface area contributed by atoms with Gasteiger partial charge in [0, 0.05) is 18.5 Å². The summed E-state index contributed by atoms with van der Waals surface area (Å²) in [4.78, 5) is 16.9. The summed E-state index contributed by atoms with van der Waals surface area (Å²) >= 11 is 0. The number of nitrogens with two attached hydrogens (primary N) is 1. The lowest BCUT2D eigenvalue weighted by Crippen LogP contribution is -2.21. The van der Waals surface area contributed by atoms with Gasteiger partial charge in [-0.25, -0.2) is 14.8 Å². The second-order valence-corrected chi connectivity index (χ2v) is 3.26. The molecule has 2 aromatic heterocycles. The van der Waals surface area contributed by atoms with Gasteiger partial charge in [-0.15, -0.1) is 0 Å². The molecule has 0 aliphatic heterocycles. The van der Waals surface area contributed by atoms with Gasteiger partial charge in [-0.05, 0) is 6.07 Å². The number of carboxylic acid groups (broad SMARTS) is 1. The highest BCUT2D eigenvalue weighted by atomic mass is 19.4. The molecule has 0 aliphatic carbocycles. The first-order valence-corrected chi connectivity index (χ1v) is 5.07. The molecule has 2 heterocycles. The van der Waals surface area contributed by atoms with Gasteiger partial charge in [0.25, 0.3) is 0 Å². The van der Waals surface area contributed by atoms with Crippen molar-refractivity contribution in [2.45, 2.75) is 12.7 Å². The molecule has 2 aromatic rings. The molecule has 0 aliphatic rings. The predicted octanol–water partition coefficient (Wildman–Crippen LogP) is 1.22. The molecule has 0 unspecified atom stereocenters. The number of carboxylic acids is 1. The Morgan fingerprint density at radius 1 is 1.35 bits per heavy atom. The number of carbonyl (C=O) groups is 1. The van der Waals surface area contributed by atoms with E-state index in [-0.39, 0.29) is 0 Å². The summed E-state index contributed by atoms with van der Waals surface area (Å²) in [7, 11) is 0. The predicted molar refractivity (Wildman–Crippen MR) is 59.1 cm³/mol. The summed E-state index contributed by atoms with van der Waals surface area (Å²) in [5.41, 5.74) is 5.98. The third-order valence-electron chi connectivity index (χ3n) is 1.80. The van der Waals surface area contributed by atoms with E-state index in [1.807, 2.05) is 0 Å². The smallest absolute Gasteiger partial charge is 0.475 e. The van der Waals surface area contributed by atoms with E-state index >= 15 is 0 Å². The lowest BCUT2D eigenvalue weighted by molar-refractivity contribution is -0.192. The molecule has 0 spiro atoms. The zero-order valence-corrected chi connectivity index (χ0v) is 9.83. The van der Waals surface area contributed by atoms with Crippen molar-refractivity contribution in [3.8, 4) is 11.5 Å². The third-order valence-corrected chi connectivity index (χ3v) is 1.80. The van der Waals surface area contributed by atoms with Gasteiger partial charge in [0.2, 0.25) is 0 Å². The van der Waals surface area contributed by atoms with Gasteiger partial charge in [-0.2, -0.15) is 13.2 Å². The third kappa shape index (κ3) is 4.65. The Morgan fingerprint density at radius 3 is 2.30 bits per heavy atom. The molecule has 7 nitrogen and oxygen atoms in total. The average Bonchev–Trinajstić information content (AvgIpc) is 2.88. The fraction of sp³-hybridized carbons (Fsp3) is 0.200. The van der Waals surface area contributed by atoms with E-state index in [2.05, 4.69) is 15.1 Å². The molecule has 0 bridgehead atoms. The second-order valence-electron chi connectivity index (χ2n) is 3.26. The van der Waals surface area contributed by atoms with E-state index in [0.29, 0.717) is 23.8 Å². The summed E-state index contributed by atoms with van der Waals surface area (Å²) in [6.07, 6.45) is -1.78. The summed E-state index contributed by atoms with van der Waals surface area (Å²) in [6, 6.07) is 3.47. The van der Waals surface area contributed by atoms with E-state index in [4.69, 9.17) is 20.2 Å². The van der Waals surface area contributed by atoms with Crippen LogP contribution < -0.4 is 5.73 Å². The van der Waals surface area contributed by atoms with Crippen LogP contribution in [0.3, 0.4) is 0 Å². The van der Waals surface area contributed by atoms with Crippen molar-refractivity contribution in [1.82, 2.24) is 15.1 Å². The SMILES string of the molecule is NCc1cc(-c2ncccn2)no1.O=C(O)C(F)(F)F. The maximum absolute atomic E-state index is 10.6. The van der Waals surface area contributed by atoms with Crippen molar-refractivity contribution in [2.24, 2.45) is 5.73 Å². The monoisotopic (exact) mass is 290 g/mol. The Bertz CT molecular complexity index is 556. The minimum Gasteiger partial charge on any atom is -0.475 e. The molecule has 0 atom stereocenters. The minimum atomic E-state index is -5.08. The van der Waals surface area contributed by atoms with Crippen LogP contribution in [0.1, 0.15) is 5.76 Å². The zero-order valence-electron chi connectivity index (χ0n) is 9.83. The maximum Gasteiger partial charge on any atom is 0.490 e. The standard InChI is InChI=1S/C8H8N4O.C2HF3O2/c9-5-6-4-7(12-13-6)8-10-2-1-3-11-8;3-2(4,5)1(6)7/h1-4H,5,9H2;(H,6,7). The number of aromatic nitrogens is 3. The summed E-state index contributed by atoms with van der Waals surface area (Å²) < 4.78 is 36.6. The molecule has 3 N–H and O–H groups in total. The van der Waals surface area contributed by atoms with Crippen LogP contribution in [0.25, 0.3) is 11.5 Å². The topological polar surface area (TPSA) is 115 Å². The molecule has 0 fully saturated rings. The summed E-state index contributed by atoms with van der Waals surface area (Å²) in [5.74, 6) is -1.58. The highest BCUT2D eigenvalue weighted by molar-refractivity contribution is 5.73. The Labute approximate surface area is 110 Å².